The van der Waals surface area contributed by atoms with Gasteiger partial charge in [-0.05, 0) is 175 Å². The van der Waals surface area contributed by atoms with E-state index < -0.39 is 21.8 Å². The first kappa shape index (κ1) is 44.3. The van der Waals surface area contributed by atoms with Crippen molar-refractivity contribution in [3.8, 4) is 45.3 Å². The predicted octanol–water partition coefficient (Wildman–Crippen LogP) is 10.9. The van der Waals surface area contributed by atoms with E-state index in [2.05, 4.69) is 141 Å². The van der Waals surface area contributed by atoms with Crippen molar-refractivity contribution in [1.82, 2.24) is 0 Å². The van der Waals surface area contributed by atoms with Crippen LogP contribution in [0.2, 0.25) is 0 Å². The van der Waals surface area contributed by atoms with E-state index in [-0.39, 0.29) is 76.7 Å². The van der Waals surface area contributed by atoms with Crippen LogP contribution in [0.1, 0.15) is 0 Å². The molecule has 280 valence electrons. The number of benzene rings is 4. The summed E-state index contributed by atoms with van der Waals surface area (Å²) >= 11 is 27.7. The summed E-state index contributed by atoms with van der Waals surface area (Å²) in [4.78, 5) is 24.3. The quantitative estimate of drug-likeness (QED) is 0.0711. The van der Waals surface area contributed by atoms with Crippen LogP contribution in [-0.4, -0.2) is 57.0 Å². The third-order valence-corrected chi connectivity index (χ3v) is 13.7. The molecule has 19 heteroatoms. The van der Waals surface area contributed by atoms with E-state index in [1.807, 2.05) is 0 Å². The molecule has 0 atom stereocenters. The molecule has 4 aromatic carbocycles. The van der Waals surface area contributed by atoms with Crippen LogP contribution in [0.15, 0.2) is 107 Å². The lowest BCUT2D eigenvalue weighted by molar-refractivity contribution is -0.129. The number of hydrogen-bond donors (Lipinski definition) is 2. The highest BCUT2D eigenvalue weighted by molar-refractivity contribution is 9.12. The van der Waals surface area contributed by atoms with Gasteiger partial charge in [0.05, 0.1) is 58.8 Å². The van der Waals surface area contributed by atoms with Gasteiger partial charge in [0.25, 0.3) is 0 Å². The minimum absolute atomic E-state index is 0.00872. The summed E-state index contributed by atoms with van der Waals surface area (Å²) in [7, 11) is -4.62. The molecule has 0 spiro atoms. The van der Waals surface area contributed by atoms with E-state index in [4.69, 9.17) is 18.9 Å². The fourth-order valence-electron chi connectivity index (χ4n) is 4.69. The number of ether oxygens (including phenoxy) is 4. The van der Waals surface area contributed by atoms with E-state index in [9.17, 15) is 19.8 Å². The van der Waals surface area contributed by atoms with Gasteiger partial charge >= 0.3 is 11.9 Å². The molecule has 4 aromatic rings. The lowest BCUT2D eigenvalue weighted by Crippen LogP contribution is -2.11. The Kier molecular flexibility index (Phi) is 16.0. The van der Waals surface area contributed by atoms with Crippen molar-refractivity contribution in [3.63, 3.8) is 0 Å². The third kappa shape index (κ3) is 9.77. The Labute approximate surface area is 371 Å². The fourth-order valence-corrected chi connectivity index (χ4v) is 12.9. The summed E-state index contributed by atoms with van der Waals surface area (Å²) in [5.74, 6) is -0.965. The van der Waals surface area contributed by atoms with Gasteiger partial charge in [-0.1, -0.05) is 13.2 Å². The van der Waals surface area contributed by atoms with E-state index >= 15 is 8.42 Å². The fraction of sp³-hybridized carbons (Fsp3) is 0.118. The van der Waals surface area contributed by atoms with Gasteiger partial charge in [0.1, 0.15) is 24.7 Å². The van der Waals surface area contributed by atoms with Gasteiger partial charge in [0, 0.05) is 23.3 Å². The maximum atomic E-state index is 15.3. The SMILES string of the molecule is C=CC(=O)Oc1c(Br)cc(S(=O)(=O)c2cc(Br)c(OC(=O)C=C)c(Br)c2-c2cc(Br)c(OCCO)c(Br)c2)c(-c2cc(Br)c(OCCO)c(Br)c2)c1Br. The van der Waals surface area contributed by atoms with E-state index in [0.717, 1.165) is 12.2 Å². The molecule has 0 saturated carbocycles. The van der Waals surface area contributed by atoms with Crippen molar-refractivity contribution < 1.29 is 47.2 Å². The zero-order valence-electron chi connectivity index (χ0n) is 26.5. The molecule has 0 aromatic heterocycles. The summed E-state index contributed by atoms with van der Waals surface area (Å²) in [6, 6.07) is 9.02. The second-order valence-electron chi connectivity index (χ2n) is 10.2. The van der Waals surface area contributed by atoms with Crippen LogP contribution >= 0.6 is 127 Å². The molecule has 0 aliphatic heterocycles. The minimum Gasteiger partial charge on any atom is -0.489 e. The summed E-state index contributed by atoms with van der Waals surface area (Å²) in [6.07, 6.45) is 1.92. The van der Waals surface area contributed by atoms with Crippen molar-refractivity contribution in [2.24, 2.45) is 0 Å². The van der Waals surface area contributed by atoms with Crippen molar-refractivity contribution in [2.45, 2.75) is 9.79 Å². The number of halogens is 8. The molecule has 0 saturated heterocycles. The average molecular weight is 1260 g/mol. The molecule has 2 N–H and O–H groups in total. The molecular weight excluding hydrogens is 1240 g/mol. The first-order chi connectivity index (χ1) is 25.0. The second-order valence-corrected chi connectivity index (χ2v) is 18.8. The van der Waals surface area contributed by atoms with E-state index in [1.54, 1.807) is 24.3 Å². The molecule has 53 heavy (non-hydrogen) atoms. The average Bonchev–Trinajstić information content (AvgIpc) is 3.10. The first-order valence-corrected chi connectivity index (χ1v) is 22.3. The predicted molar refractivity (Wildman–Crippen MR) is 228 cm³/mol. The standard InChI is InChI=1S/C34H22Br8O10S/c1-3-25(45)51-33-21(39)13-23(27(29(33)41)15-9-17(35)31(18(36)10-15)49-7-5-43)53(47,48)24-14-22(40)34(52-26(46)4-2)30(42)28(24)16-11-19(37)32(20(38)12-16)50-8-6-44/h3-4,9-14,43-44H,1-2,5-8H2. The number of hydrogen-bond acceptors (Lipinski definition) is 10. The summed E-state index contributed by atoms with van der Waals surface area (Å²) in [5.41, 5.74) is 0.846. The van der Waals surface area contributed by atoms with E-state index in [0.29, 0.717) is 40.5 Å². The highest BCUT2D eigenvalue weighted by atomic mass is 79.9. The number of carbonyl (C=O) groups excluding carboxylic acids is 2. The Bertz CT molecular complexity index is 2060. The Morgan fingerprint density at radius 3 is 1.15 bits per heavy atom. The summed E-state index contributed by atoms with van der Waals surface area (Å²) < 4.78 is 55.0. The number of carbonyl (C=O) groups is 2. The van der Waals surface area contributed by atoms with Gasteiger partial charge in [-0.3, -0.25) is 0 Å². The Balaban J connectivity index is 2.15. The van der Waals surface area contributed by atoms with Crippen LogP contribution in [0, 0.1) is 0 Å². The highest BCUT2D eigenvalue weighted by Crippen LogP contribution is 2.52. The summed E-state index contributed by atoms with van der Waals surface area (Å²) in [5, 5.41) is 18.6. The van der Waals surface area contributed by atoms with Crippen LogP contribution < -0.4 is 18.9 Å². The normalized spacial score (nSPS) is 11.2. The van der Waals surface area contributed by atoms with Crippen molar-refractivity contribution >= 4 is 149 Å². The minimum atomic E-state index is -4.62. The molecule has 0 heterocycles. The highest BCUT2D eigenvalue weighted by Gasteiger charge is 2.34. The Morgan fingerprint density at radius 2 is 0.868 bits per heavy atom. The van der Waals surface area contributed by atoms with Crippen molar-refractivity contribution in [3.05, 3.63) is 97.5 Å². The van der Waals surface area contributed by atoms with Crippen LogP contribution in [-0.2, 0) is 19.4 Å². The monoisotopic (exact) mass is 1250 g/mol. The van der Waals surface area contributed by atoms with Gasteiger partial charge in [0.2, 0.25) is 9.84 Å². The Morgan fingerprint density at radius 1 is 0.566 bits per heavy atom. The molecule has 10 nitrogen and oxygen atoms in total. The maximum absolute atomic E-state index is 15.3. The number of aliphatic hydroxyl groups excluding tert-OH is 2. The van der Waals surface area contributed by atoms with Crippen LogP contribution in [0.25, 0.3) is 22.3 Å². The zero-order chi connectivity index (χ0) is 39.4. The van der Waals surface area contributed by atoms with Gasteiger partial charge in [-0.2, -0.15) is 0 Å². The van der Waals surface area contributed by atoms with Crippen LogP contribution in [0.5, 0.6) is 23.0 Å². The topological polar surface area (TPSA) is 146 Å². The zero-order valence-corrected chi connectivity index (χ0v) is 40.0. The lowest BCUT2D eigenvalue weighted by Gasteiger charge is -2.22. The molecular formula is C34H22Br8O10S. The van der Waals surface area contributed by atoms with Gasteiger partial charge < -0.3 is 29.2 Å². The lowest BCUT2D eigenvalue weighted by atomic mass is 10.0. The molecule has 0 fully saturated rings. The smallest absolute Gasteiger partial charge is 0.335 e. The maximum Gasteiger partial charge on any atom is 0.335 e. The molecule has 0 amide bonds. The Hall–Kier alpha value is -1.39. The molecule has 4 rings (SSSR count). The van der Waals surface area contributed by atoms with Crippen LogP contribution in [0.4, 0.5) is 0 Å². The molecule has 0 aliphatic rings. The van der Waals surface area contributed by atoms with E-state index in [1.165, 1.54) is 12.1 Å². The largest absolute Gasteiger partial charge is 0.489 e. The van der Waals surface area contributed by atoms with Crippen molar-refractivity contribution in [1.29, 1.82) is 0 Å². The van der Waals surface area contributed by atoms with Gasteiger partial charge in [-0.15, -0.1) is 0 Å². The number of sulfone groups is 1. The van der Waals surface area contributed by atoms with Crippen molar-refractivity contribution in [2.75, 3.05) is 26.4 Å². The number of esters is 2. The first-order valence-electron chi connectivity index (χ1n) is 14.5. The number of rotatable bonds is 14. The molecule has 0 bridgehead atoms. The third-order valence-electron chi connectivity index (χ3n) is 6.85. The van der Waals surface area contributed by atoms with Crippen LogP contribution in [0.3, 0.4) is 0 Å². The molecule has 0 unspecified atom stereocenters. The second kappa shape index (κ2) is 19.2. The van der Waals surface area contributed by atoms with Gasteiger partial charge in [0.15, 0.2) is 11.5 Å². The number of aliphatic hydroxyl groups is 2. The summed E-state index contributed by atoms with van der Waals surface area (Å²) in [6.45, 7) is 6.39. The molecule has 0 aliphatic carbocycles. The molecule has 0 radical (unpaired) electrons. The van der Waals surface area contributed by atoms with Gasteiger partial charge in [-0.25, -0.2) is 18.0 Å².